The first kappa shape index (κ1) is 15.9. The van der Waals surface area contributed by atoms with E-state index in [4.69, 9.17) is 11.6 Å². The molecule has 118 valence electrons. The first-order chi connectivity index (χ1) is 11.0. The molecule has 0 radical (unpaired) electrons. The van der Waals surface area contributed by atoms with Gasteiger partial charge in [0.15, 0.2) is 0 Å². The Morgan fingerprint density at radius 1 is 1.26 bits per heavy atom. The molecule has 0 saturated carbocycles. The standard InChI is InChI=1S/C17H15ClN2O2S/c1-10(11-2-5-13(18)6-3-11)19-17(22)12-4-7-15-14(8-12)20-16(21)9-23-15/h2-8,10H,9H2,1H3,(H,19,22)(H,20,21). The number of thioether (sulfide) groups is 1. The van der Waals surface area contributed by atoms with Gasteiger partial charge in [0.2, 0.25) is 5.91 Å². The smallest absolute Gasteiger partial charge is 0.251 e. The largest absolute Gasteiger partial charge is 0.346 e. The summed E-state index contributed by atoms with van der Waals surface area (Å²) in [5.74, 6) is 0.182. The normalized spacial score (nSPS) is 14.6. The van der Waals surface area contributed by atoms with Crippen LogP contribution < -0.4 is 10.6 Å². The topological polar surface area (TPSA) is 58.2 Å². The summed E-state index contributed by atoms with van der Waals surface area (Å²) in [7, 11) is 0. The molecule has 0 aromatic heterocycles. The van der Waals surface area contributed by atoms with Gasteiger partial charge in [-0.15, -0.1) is 11.8 Å². The summed E-state index contributed by atoms with van der Waals surface area (Å²) in [5, 5.41) is 6.40. The maximum atomic E-state index is 12.4. The van der Waals surface area contributed by atoms with Gasteiger partial charge < -0.3 is 10.6 Å². The third-order valence-corrected chi connectivity index (χ3v) is 4.92. The van der Waals surface area contributed by atoms with Gasteiger partial charge >= 0.3 is 0 Å². The van der Waals surface area contributed by atoms with Crippen LogP contribution in [0.15, 0.2) is 47.4 Å². The van der Waals surface area contributed by atoms with Crippen molar-refractivity contribution in [1.29, 1.82) is 0 Å². The number of anilines is 1. The van der Waals surface area contributed by atoms with Gasteiger partial charge in [-0.2, -0.15) is 0 Å². The number of rotatable bonds is 3. The summed E-state index contributed by atoms with van der Waals surface area (Å²) in [4.78, 5) is 24.8. The highest BCUT2D eigenvalue weighted by molar-refractivity contribution is 8.00. The van der Waals surface area contributed by atoms with Crippen molar-refractivity contribution in [1.82, 2.24) is 5.32 Å². The molecule has 4 nitrogen and oxygen atoms in total. The molecule has 23 heavy (non-hydrogen) atoms. The van der Waals surface area contributed by atoms with Gasteiger partial charge in [-0.05, 0) is 42.8 Å². The molecule has 2 amide bonds. The van der Waals surface area contributed by atoms with Crippen molar-refractivity contribution in [2.75, 3.05) is 11.1 Å². The van der Waals surface area contributed by atoms with Crippen LogP contribution in [0.4, 0.5) is 5.69 Å². The van der Waals surface area contributed by atoms with E-state index in [0.29, 0.717) is 22.0 Å². The summed E-state index contributed by atoms with van der Waals surface area (Å²) in [6.07, 6.45) is 0. The molecule has 0 bridgehead atoms. The lowest BCUT2D eigenvalue weighted by Crippen LogP contribution is -2.27. The van der Waals surface area contributed by atoms with Crippen molar-refractivity contribution < 1.29 is 9.59 Å². The number of carbonyl (C=O) groups excluding carboxylic acids is 2. The van der Waals surface area contributed by atoms with Crippen LogP contribution in [0.1, 0.15) is 28.9 Å². The molecule has 1 aliphatic rings. The zero-order valence-corrected chi connectivity index (χ0v) is 14.0. The van der Waals surface area contributed by atoms with Gasteiger partial charge in [-0.1, -0.05) is 23.7 Å². The summed E-state index contributed by atoms with van der Waals surface area (Å²) in [6, 6.07) is 12.6. The third-order valence-electron chi connectivity index (χ3n) is 3.59. The first-order valence-electron chi connectivity index (χ1n) is 7.16. The fraction of sp³-hybridized carbons (Fsp3) is 0.176. The molecule has 2 aromatic carbocycles. The van der Waals surface area contributed by atoms with E-state index in [1.54, 1.807) is 24.3 Å². The second-order valence-corrected chi connectivity index (χ2v) is 6.75. The predicted molar refractivity (Wildman–Crippen MR) is 93.1 cm³/mol. The minimum absolute atomic E-state index is 0.0467. The van der Waals surface area contributed by atoms with Crippen LogP contribution in [0.2, 0.25) is 5.02 Å². The van der Waals surface area contributed by atoms with Crippen molar-refractivity contribution in [3.63, 3.8) is 0 Å². The quantitative estimate of drug-likeness (QED) is 0.886. The Hall–Kier alpha value is -1.98. The van der Waals surface area contributed by atoms with E-state index < -0.39 is 0 Å². The van der Waals surface area contributed by atoms with Gasteiger partial charge in [0.1, 0.15) is 0 Å². The van der Waals surface area contributed by atoms with Crippen molar-refractivity contribution in [3.8, 4) is 0 Å². The predicted octanol–water partition coefficient (Wildman–Crippen LogP) is 3.88. The number of fused-ring (bicyclic) bond motifs is 1. The second-order valence-electron chi connectivity index (χ2n) is 5.29. The minimum Gasteiger partial charge on any atom is -0.346 e. The highest BCUT2D eigenvalue weighted by Gasteiger charge is 2.18. The lowest BCUT2D eigenvalue weighted by Gasteiger charge is -2.18. The van der Waals surface area contributed by atoms with Crippen LogP contribution in [0.5, 0.6) is 0 Å². The highest BCUT2D eigenvalue weighted by atomic mass is 35.5. The van der Waals surface area contributed by atoms with Crippen molar-refractivity contribution in [2.24, 2.45) is 0 Å². The van der Waals surface area contributed by atoms with Crippen molar-refractivity contribution in [3.05, 3.63) is 58.6 Å². The SMILES string of the molecule is CC(NC(=O)c1ccc2c(c1)NC(=O)CS2)c1ccc(Cl)cc1. The number of hydrogen-bond acceptors (Lipinski definition) is 3. The molecule has 1 atom stereocenters. The molecule has 0 fully saturated rings. The van der Waals surface area contributed by atoms with Crippen molar-refractivity contribution in [2.45, 2.75) is 17.9 Å². The molecule has 2 N–H and O–H groups in total. The Balaban J connectivity index is 1.74. The number of carbonyl (C=O) groups is 2. The number of amides is 2. The monoisotopic (exact) mass is 346 g/mol. The zero-order chi connectivity index (χ0) is 16.4. The molecule has 0 saturated heterocycles. The van der Waals surface area contributed by atoms with E-state index in [9.17, 15) is 9.59 Å². The maximum Gasteiger partial charge on any atom is 0.251 e. The minimum atomic E-state index is -0.180. The fourth-order valence-corrected chi connectivity index (χ4v) is 3.25. The Labute approximate surface area is 143 Å². The molecule has 0 spiro atoms. The maximum absolute atomic E-state index is 12.4. The van der Waals surface area contributed by atoms with Gasteiger partial charge in [0.25, 0.3) is 5.91 Å². The molecule has 6 heteroatoms. The number of halogens is 1. The molecule has 3 rings (SSSR count). The molecular formula is C17H15ClN2O2S. The molecule has 1 aliphatic heterocycles. The molecule has 1 heterocycles. The van der Waals surface area contributed by atoms with E-state index in [-0.39, 0.29) is 17.9 Å². The summed E-state index contributed by atoms with van der Waals surface area (Å²) in [5.41, 5.74) is 2.19. The second kappa shape index (κ2) is 6.64. The van der Waals surface area contributed by atoms with Crippen LogP contribution in [0.25, 0.3) is 0 Å². The van der Waals surface area contributed by atoms with Crippen LogP contribution >= 0.6 is 23.4 Å². The van der Waals surface area contributed by atoms with E-state index in [1.807, 2.05) is 25.1 Å². The van der Waals surface area contributed by atoms with E-state index in [0.717, 1.165) is 10.5 Å². The average Bonchev–Trinajstić information content (AvgIpc) is 2.54. The molecule has 0 aliphatic carbocycles. The number of hydrogen-bond donors (Lipinski definition) is 2. The van der Waals surface area contributed by atoms with Crippen LogP contribution in [-0.4, -0.2) is 17.6 Å². The van der Waals surface area contributed by atoms with E-state index >= 15 is 0 Å². The Bertz CT molecular complexity index is 762. The average molecular weight is 347 g/mol. The lowest BCUT2D eigenvalue weighted by molar-refractivity contribution is -0.113. The molecule has 1 unspecified atom stereocenters. The highest BCUT2D eigenvalue weighted by Crippen LogP contribution is 2.32. The number of benzene rings is 2. The Morgan fingerprint density at radius 2 is 2.00 bits per heavy atom. The summed E-state index contributed by atoms with van der Waals surface area (Å²) >= 11 is 7.35. The molecular weight excluding hydrogens is 332 g/mol. The van der Waals surface area contributed by atoms with Crippen LogP contribution in [0, 0.1) is 0 Å². The van der Waals surface area contributed by atoms with Crippen LogP contribution in [0.3, 0.4) is 0 Å². The summed E-state index contributed by atoms with van der Waals surface area (Å²) < 4.78 is 0. The molecule has 2 aromatic rings. The van der Waals surface area contributed by atoms with Crippen molar-refractivity contribution >= 4 is 40.9 Å². The third kappa shape index (κ3) is 3.68. The van der Waals surface area contributed by atoms with Crippen LogP contribution in [-0.2, 0) is 4.79 Å². The van der Waals surface area contributed by atoms with Gasteiger partial charge in [0.05, 0.1) is 17.5 Å². The Morgan fingerprint density at radius 3 is 2.74 bits per heavy atom. The first-order valence-corrected chi connectivity index (χ1v) is 8.52. The lowest BCUT2D eigenvalue weighted by atomic mass is 10.1. The number of nitrogens with one attached hydrogen (secondary N) is 2. The zero-order valence-electron chi connectivity index (χ0n) is 12.4. The fourth-order valence-electron chi connectivity index (χ4n) is 2.34. The van der Waals surface area contributed by atoms with E-state index in [1.165, 1.54) is 11.8 Å². The van der Waals surface area contributed by atoms with E-state index in [2.05, 4.69) is 10.6 Å². The summed E-state index contributed by atoms with van der Waals surface area (Å²) in [6.45, 7) is 1.91. The van der Waals surface area contributed by atoms with Gasteiger partial charge in [-0.25, -0.2) is 0 Å². The Kier molecular flexibility index (Phi) is 4.59. The van der Waals surface area contributed by atoms with Gasteiger partial charge in [-0.3, -0.25) is 9.59 Å². The van der Waals surface area contributed by atoms with Gasteiger partial charge in [0, 0.05) is 15.5 Å².